The molecular formula is C18H16N4O2. The van der Waals surface area contributed by atoms with Crippen LogP contribution < -0.4 is 5.56 Å². The Labute approximate surface area is 137 Å². The molecule has 4 aromatic rings. The Hall–Kier alpha value is -2.99. The lowest BCUT2D eigenvalue weighted by Gasteiger charge is -2.07. The molecule has 0 spiro atoms. The minimum Gasteiger partial charge on any atom is -0.396 e. The largest absolute Gasteiger partial charge is 0.396 e. The van der Waals surface area contributed by atoms with Crippen molar-refractivity contribution in [1.82, 2.24) is 19.2 Å². The highest BCUT2D eigenvalue weighted by molar-refractivity contribution is 5.84. The van der Waals surface area contributed by atoms with Gasteiger partial charge in [-0.3, -0.25) is 4.79 Å². The molecule has 120 valence electrons. The van der Waals surface area contributed by atoms with Crippen molar-refractivity contribution < 1.29 is 5.11 Å². The maximum atomic E-state index is 12.6. The summed E-state index contributed by atoms with van der Waals surface area (Å²) in [5, 5.41) is 13.9. The van der Waals surface area contributed by atoms with E-state index in [0.29, 0.717) is 18.4 Å². The van der Waals surface area contributed by atoms with Crippen LogP contribution in [0, 0.1) is 0 Å². The molecular weight excluding hydrogens is 304 g/mol. The molecule has 3 heterocycles. The maximum absolute atomic E-state index is 12.6. The number of rotatable bonds is 4. The predicted octanol–water partition coefficient (Wildman–Crippen LogP) is 2.09. The average molecular weight is 320 g/mol. The van der Waals surface area contributed by atoms with Crippen molar-refractivity contribution in [3.05, 3.63) is 65.3 Å². The summed E-state index contributed by atoms with van der Waals surface area (Å²) in [6.07, 6.45) is 5.66. The first-order chi connectivity index (χ1) is 11.8. The van der Waals surface area contributed by atoms with E-state index in [2.05, 4.69) is 10.1 Å². The summed E-state index contributed by atoms with van der Waals surface area (Å²) in [6, 6.07) is 11.8. The quantitative estimate of drug-likeness (QED) is 0.625. The van der Waals surface area contributed by atoms with Crippen molar-refractivity contribution in [1.29, 1.82) is 0 Å². The SMILES string of the molecule is O=c1c2cnc3c(-c4ccccc4)cnn3c2ccn1CCCO. The summed E-state index contributed by atoms with van der Waals surface area (Å²) in [6.45, 7) is 0.541. The zero-order valence-electron chi connectivity index (χ0n) is 13.0. The molecule has 3 aromatic heterocycles. The van der Waals surface area contributed by atoms with Crippen LogP contribution >= 0.6 is 0 Å². The predicted molar refractivity (Wildman–Crippen MR) is 91.9 cm³/mol. The normalized spacial score (nSPS) is 11.4. The van der Waals surface area contributed by atoms with Gasteiger partial charge in [-0.2, -0.15) is 5.10 Å². The van der Waals surface area contributed by atoms with Crippen molar-refractivity contribution in [3.8, 4) is 11.1 Å². The van der Waals surface area contributed by atoms with Gasteiger partial charge in [0, 0.05) is 31.1 Å². The minimum atomic E-state index is -0.118. The van der Waals surface area contributed by atoms with Gasteiger partial charge in [-0.1, -0.05) is 30.3 Å². The number of aromatic nitrogens is 4. The van der Waals surface area contributed by atoms with Gasteiger partial charge in [-0.15, -0.1) is 0 Å². The van der Waals surface area contributed by atoms with Crippen molar-refractivity contribution in [2.75, 3.05) is 6.61 Å². The van der Waals surface area contributed by atoms with Crippen molar-refractivity contribution in [3.63, 3.8) is 0 Å². The second kappa shape index (κ2) is 5.90. The number of aliphatic hydroxyl groups is 1. The van der Waals surface area contributed by atoms with E-state index in [1.807, 2.05) is 36.4 Å². The van der Waals surface area contributed by atoms with Crippen molar-refractivity contribution in [2.24, 2.45) is 0 Å². The van der Waals surface area contributed by atoms with Crippen LogP contribution in [0.5, 0.6) is 0 Å². The third-order valence-electron chi connectivity index (χ3n) is 4.11. The molecule has 0 bridgehead atoms. The first-order valence-electron chi connectivity index (χ1n) is 7.82. The van der Waals surface area contributed by atoms with Gasteiger partial charge in [0.05, 0.1) is 17.1 Å². The Morgan fingerprint density at radius 3 is 2.71 bits per heavy atom. The van der Waals surface area contributed by atoms with Gasteiger partial charge in [-0.05, 0) is 18.1 Å². The zero-order chi connectivity index (χ0) is 16.5. The highest BCUT2D eigenvalue weighted by Crippen LogP contribution is 2.24. The number of nitrogens with zero attached hydrogens (tertiary/aromatic N) is 4. The van der Waals surface area contributed by atoms with Gasteiger partial charge >= 0.3 is 0 Å². The van der Waals surface area contributed by atoms with Gasteiger partial charge in [0.15, 0.2) is 5.65 Å². The van der Waals surface area contributed by atoms with Crippen molar-refractivity contribution in [2.45, 2.75) is 13.0 Å². The number of hydrogen-bond donors (Lipinski definition) is 1. The van der Waals surface area contributed by atoms with E-state index in [4.69, 9.17) is 5.11 Å². The molecule has 6 heteroatoms. The van der Waals surface area contributed by atoms with Gasteiger partial charge in [-0.25, -0.2) is 9.50 Å². The van der Waals surface area contributed by atoms with E-state index in [-0.39, 0.29) is 12.2 Å². The molecule has 0 aliphatic heterocycles. The highest BCUT2D eigenvalue weighted by atomic mass is 16.3. The molecule has 4 rings (SSSR count). The van der Waals surface area contributed by atoms with E-state index in [1.54, 1.807) is 27.7 Å². The summed E-state index contributed by atoms with van der Waals surface area (Å²) in [5.74, 6) is 0. The molecule has 0 fully saturated rings. The Morgan fingerprint density at radius 2 is 1.92 bits per heavy atom. The van der Waals surface area contributed by atoms with Crippen LogP contribution in [-0.2, 0) is 6.54 Å². The summed E-state index contributed by atoms with van der Waals surface area (Å²) < 4.78 is 3.29. The van der Waals surface area contributed by atoms with E-state index < -0.39 is 0 Å². The lowest BCUT2D eigenvalue weighted by molar-refractivity contribution is 0.279. The fourth-order valence-corrected chi connectivity index (χ4v) is 2.90. The van der Waals surface area contributed by atoms with E-state index in [0.717, 1.165) is 22.3 Å². The van der Waals surface area contributed by atoms with Crippen LogP contribution in [0.25, 0.3) is 27.7 Å². The number of aryl methyl sites for hydroxylation is 1. The first-order valence-corrected chi connectivity index (χ1v) is 7.82. The Morgan fingerprint density at radius 1 is 1.08 bits per heavy atom. The molecule has 1 N–H and O–H groups in total. The number of benzene rings is 1. The summed E-state index contributed by atoms with van der Waals surface area (Å²) >= 11 is 0. The minimum absolute atomic E-state index is 0.0569. The Bertz CT molecular complexity index is 1070. The molecule has 24 heavy (non-hydrogen) atoms. The van der Waals surface area contributed by atoms with Crippen LogP contribution in [0.1, 0.15) is 6.42 Å². The Kier molecular flexibility index (Phi) is 3.59. The monoisotopic (exact) mass is 320 g/mol. The second-order valence-electron chi connectivity index (χ2n) is 5.61. The second-order valence-corrected chi connectivity index (χ2v) is 5.61. The molecule has 0 unspecified atom stereocenters. The highest BCUT2D eigenvalue weighted by Gasteiger charge is 2.12. The van der Waals surface area contributed by atoms with Gasteiger partial charge < -0.3 is 9.67 Å². The van der Waals surface area contributed by atoms with Crippen LogP contribution in [0.3, 0.4) is 0 Å². The van der Waals surface area contributed by atoms with Gasteiger partial charge in [0.25, 0.3) is 5.56 Å². The molecule has 0 saturated heterocycles. The molecule has 0 saturated carbocycles. The van der Waals surface area contributed by atoms with Crippen LogP contribution in [-0.4, -0.2) is 30.9 Å². The summed E-state index contributed by atoms with van der Waals surface area (Å²) in [7, 11) is 0. The lowest BCUT2D eigenvalue weighted by atomic mass is 10.1. The standard InChI is InChI=1S/C18H16N4O2/c23-10-4-8-21-9-7-16-15(18(21)24)11-19-17-14(12-20-22(16)17)13-5-2-1-3-6-13/h1-3,5-7,9,11-12,23H,4,8,10H2. The molecule has 6 nitrogen and oxygen atoms in total. The summed E-state index contributed by atoms with van der Waals surface area (Å²) in [5.41, 5.74) is 3.30. The third-order valence-corrected chi connectivity index (χ3v) is 4.11. The zero-order valence-corrected chi connectivity index (χ0v) is 13.0. The molecule has 0 aliphatic carbocycles. The number of fused-ring (bicyclic) bond motifs is 3. The van der Waals surface area contributed by atoms with Gasteiger partial charge in [0.1, 0.15) is 0 Å². The van der Waals surface area contributed by atoms with E-state index >= 15 is 0 Å². The third kappa shape index (κ3) is 2.28. The van der Waals surface area contributed by atoms with Crippen LogP contribution in [0.4, 0.5) is 0 Å². The molecule has 0 atom stereocenters. The summed E-state index contributed by atoms with van der Waals surface area (Å²) in [4.78, 5) is 17.0. The van der Waals surface area contributed by atoms with Crippen LogP contribution in [0.15, 0.2) is 59.8 Å². The average Bonchev–Trinajstić information content (AvgIpc) is 3.06. The van der Waals surface area contributed by atoms with E-state index in [1.165, 1.54) is 0 Å². The van der Waals surface area contributed by atoms with Gasteiger partial charge in [0.2, 0.25) is 0 Å². The number of pyridine rings is 1. The van der Waals surface area contributed by atoms with Crippen LogP contribution in [0.2, 0.25) is 0 Å². The first kappa shape index (κ1) is 14.6. The fourth-order valence-electron chi connectivity index (χ4n) is 2.90. The smallest absolute Gasteiger partial charge is 0.261 e. The fraction of sp³-hybridized carbons (Fsp3) is 0.167. The topological polar surface area (TPSA) is 72.4 Å². The maximum Gasteiger partial charge on any atom is 0.261 e. The lowest BCUT2D eigenvalue weighted by Crippen LogP contribution is -2.21. The molecule has 0 aliphatic rings. The van der Waals surface area contributed by atoms with E-state index in [9.17, 15) is 4.79 Å². The van der Waals surface area contributed by atoms with Crippen molar-refractivity contribution >= 4 is 16.6 Å². The Balaban J connectivity index is 1.92. The number of aliphatic hydroxyl groups excluding tert-OH is 1. The molecule has 1 aromatic carbocycles. The molecule has 0 amide bonds. The number of hydrogen-bond acceptors (Lipinski definition) is 4. The molecule has 0 radical (unpaired) electrons.